The van der Waals surface area contributed by atoms with E-state index in [0.717, 1.165) is 95.8 Å². The first-order valence-corrected chi connectivity index (χ1v) is 43.6. The molecule has 3 N–H and O–H groups in total. The van der Waals surface area contributed by atoms with Crippen LogP contribution in [-0.2, 0) is 65.4 Å². The maximum absolute atomic E-state index is 13.1. The molecule has 0 saturated carbocycles. The second-order valence-electron chi connectivity index (χ2n) is 28.6. The zero-order valence-corrected chi connectivity index (χ0v) is 65.0. The quantitative estimate of drug-likeness (QED) is 0.0222. The van der Waals surface area contributed by atoms with Crippen molar-refractivity contribution in [3.05, 3.63) is 0 Å². The van der Waals surface area contributed by atoms with Crippen molar-refractivity contribution in [2.75, 3.05) is 39.6 Å². The molecule has 0 aromatic carbocycles. The van der Waals surface area contributed by atoms with Gasteiger partial charge in [0.2, 0.25) is 0 Å². The summed E-state index contributed by atoms with van der Waals surface area (Å²) in [6.45, 7) is 7.31. The van der Waals surface area contributed by atoms with E-state index in [1.54, 1.807) is 0 Å². The van der Waals surface area contributed by atoms with Gasteiger partial charge in [-0.25, -0.2) is 9.13 Å². The van der Waals surface area contributed by atoms with Gasteiger partial charge < -0.3 is 33.8 Å². The topological polar surface area (TPSA) is 237 Å². The van der Waals surface area contributed by atoms with Crippen molar-refractivity contribution < 1.29 is 80.2 Å². The average molecular weight is 1420 g/mol. The van der Waals surface area contributed by atoms with E-state index in [9.17, 15) is 43.2 Å². The van der Waals surface area contributed by atoms with Gasteiger partial charge in [0.05, 0.1) is 26.4 Å². The van der Waals surface area contributed by atoms with Crippen molar-refractivity contribution in [2.45, 2.75) is 432 Å². The normalized spacial score (nSPS) is 13.9. The molecule has 0 aliphatic rings. The summed E-state index contributed by atoms with van der Waals surface area (Å²) in [6, 6.07) is 0. The molecule has 17 nitrogen and oxygen atoms in total. The summed E-state index contributed by atoms with van der Waals surface area (Å²) in [5.41, 5.74) is 0. The van der Waals surface area contributed by atoms with Crippen molar-refractivity contribution in [2.24, 2.45) is 5.92 Å². The molecule has 576 valence electrons. The van der Waals surface area contributed by atoms with Crippen LogP contribution >= 0.6 is 15.6 Å². The van der Waals surface area contributed by atoms with E-state index < -0.39 is 97.5 Å². The van der Waals surface area contributed by atoms with Crippen LogP contribution in [0.25, 0.3) is 0 Å². The summed E-state index contributed by atoms with van der Waals surface area (Å²) in [5, 5.41) is 10.6. The molecule has 0 fully saturated rings. The fourth-order valence-corrected chi connectivity index (χ4v) is 13.6. The lowest BCUT2D eigenvalue weighted by atomic mass is 10.0. The minimum absolute atomic E-state index is 0.108. The number of phosphoric acid groups is 2. The third-order valence-corrected chi connectivity index (χ3v) is 20.2. The highest BCUT2D eigenvalue weighted by Gasteiger charge is 2.30. The molecule has 0 aromatic heterocycles. The third-order valence-electron chi connectivity index (χ3n) is 18.3. The second-order valence-corrected chi connectivity index (χ2v) is 31.5. The predicted octanol–water partition coefficient (Wildman–Crippen LogP) is 23.3. The number of hydrogen-bond donors (Lipinski definition) is 3. The highest BCUT2D eigenvalue weighted by atomic mass is 31.2. The summed E-state index contributed by atoms with van der Waals surface area (Å²) in [7, 11) is -9.91. The van der Waals surface area contributed by atoms with Crippen LogP contribution in [0.5, 0.6) is 0 Å². The second kappa shape index (κ2) is 71.1. The largest absolute Gasteiger partial charge is 0.472 e. The highest BCUT2D eigenvalue weighted by Crippen LogP contribution is 2.45. The first-order valence-electron chi connectivity index (χ1n) is 40.6. The van der Waals surface area contributed by atoms with E-state index in [0.29, 0.717) is 25.7 Å². The smallest absolute Gasteiger partial charge is 0.462 e. The Morgan fingerprint density at radius 1 is 0.278 bits per heavy atom. The molecular formula is C78H152O17P2. The molecule has 5 atom stereocenters. The fourth-order valence-electron chi connectivity index (χ4n) is 12.1. The molecule has 0 rings (SSSR count). The monoisotopic (exact) mass is 1420 g/mol. The van der Waals surface area contributed by atoms with Crippen LogP contribution in [0.1, 0.15) is 413 Å². The maximum atomic E-state index is 13.1. The molecule has 0 aromatic rings. The van der Waals surface area contributed by atoms with E-state index in [2.05, 4.69) is 34.6 Å². The number of aliphatic hydroxyl groups excluding tert-OH is 1. The van der Waals surface area contributed by atoms with Gasteiger partial charge in [-0.15, -0.1) is 0 Å². The lowest BCUT2D eigenvalue weighted by Gasteiger charge is -2.21. The third kappa shape index (κ3) is 72.2. The van der Waals surface area contributed by atoms with Crippen molar-refractivity contribution >= 4 is 39.5 Å². The Labute approximate surface area is 594 Å². The number of rotatable bonds is 78. The Hall–Kier alpha value is -1.94. The molecule has 0 amide bonds. The summed E-state index contributed by atoms with van der Waals surface area (Å²) in [6.07, 6.45) is 61.0. The number of carbonyl (C=O) groups is 4. The van der Waals surface area contributed by atoms with E-state index in [1.807, 2.05) is 0 Å². The van der Waals surface area contributed by atoms with Gasteiger partial charge in [0.15, 0.2) is 12.2 Å². The molecule has 19 heteroatoms. The summed E-state index contributed by atoms with van der Waals surface area (Å²) < 4.78 is 68.6. The highest BCUT2D eigenvalue weighted by molar-refractivity contribution is 7.47. The number of phosphoric ester groups is 2. The van der Waals surface area contributed by atoms with Gasteiger partial charge in [0.1, 0.15) is 19.3 Å². The molecule has 97 heavy (non-hydrogen) atoms. The number of hydrogen-bond acceptors (Lipinski definition) is 15. The number of carbonyl (C=O) groups excluding carboxylic acids is 4. The van der Waals surface area contributed by atoms with Crippen LogP contribution in [0, 0.1) is 5.92 Å². The van der Waals surface area contributed by atoms with E-state index in [-0.39, 0.29) is 25.7 Å². The molecule has 0 spiro atoms. The van der Waals surface area contributed by atoms with Crippen LogP contribution in [-0.4, -0.2) is 96.7 Å². The number of esters is 4. The van der Waals surface area contributed by atoms with Gasteiger partial charge in [-0.05, 0) is 31.6 Å². The van der Waals surface area contributed by atoms with Gasteiger partial charge in [0.25, 0.3) is 0 Å². The van der Waals surface area contributed by atoms with Crippen LogP contribution in [0.15, 0.2) is 0 Å². The van der Waals surface area contributed by atoms with Crippen LogP contribution in [0.4, 0.5) is 0 Å². The van der Waals surface area contributed by atoms with Crippen molar-refractivity contribution in [1.82, 2.24) is 0 Å². The van der Waals surface area contributed by atoms with Gasteiger partial charge in [0, 0.05) is 25.7 Å². The van der Waals surface area contributed by atoms with Crippen molar-refractivity contribution in [3.8, 4) is 0 Å². The van der Waals surface area contributed by atoms with Gasteiger partial charge in [-0.3, -0.25) is 37.3 Å². The van der Waals surface area contributed by atoms with Crippen LogP contribution in [0.2, 0.25) is 0 Å². The Kier molecular flexibility index (Phi) is 69.6. The fraction of sp³-hybridized carbons (Fsp3) is 0.949. The van der Waals surface area contributed by atoms with Crippen LogP contribution < -0.4 is 0 Å². The minimum Gasteiger partial charge on any atom is -0.462 e. The Balaban J connectivity index is 5.22. The Morgan fingerprint density at radius 2 is 0.474 bits per heavy atom. The standard InChI is InChI=1S/C78H152O17P2/c1-6-9-12-15-18-21-23-25-27-28-29-30-31-33-39-44-49-54-59-64-78(83)95-74(68-89-76(81)62-57-52-47-42-37-35-34-36-41-45-50-55-60-71(4)5)70-93-97(86,87)91-66-72(79)65-90-96(84,85)92-69-73(67-88-75(80)61-56-51-46-40-20-17-14-11-8-3)94-77(82)63-58-53-48-43-38-32-26-24-22-19-16-13-10-7-2/h71-74,79H,6-70H2,1-5H3,(H,84,85)(H,86,87)/t72-,73+,74+/m0/s1. The lowest BCUT2D eigenvalue weighted by Crippen LogP contribution is -2.30. The number of ether oxygens (including phenoxy) is 4. The zero-order chi connectivity index (χ0) is 71.2. The van der Waals surface area contributed by atoms with Gasteiger partial charge in [-0.2, -0.15) is 0 Å². The molecule has 0 saturated heterocycles. The number of unbranched alkanes of at least 4 members (excludes halogenated alkanes) is 50. The van der Waals surface area contributed by atoms with Crippen LogP contribution in [0.3, 0.4) is 0 Å². The average Bonchev–Trinajstić information content (AvgIpc) is 1.54. The van der Waals surface area contributed by atoms with E-state index in [4.69, 9.17) is 37.0 Å². The summed E-state index contributed by atoms with van der Waals surface area (Å²) >= 11 is 0. The number of aliphatic hydroxyl groups is 1. The first-order chi connectivity index (χ1) is 47.0. The van der Waals surface area contributed by atoms with E-state index in [1.165, 1.54) is 238 Å². The molecule has 0 radical (unpaired) electrons. The van der Waals surface area contributed by atoms with E-state index >= 15 is 0 Å². The zero-order valence-electron chi connectivity index (χ0n) is 63.2. The first kappa shape index (κ1) is 95.1. The molecule has 0 aliphatic heterocycles. The minimum atomic E-state index is -4.96. The lowest BCUT2D eigenvalue weighted by molar-refractivity contribution is -0.161. The van der Waals surface area contributed by atoms with Gasteiger partial charge in [-0.1, -0.05) is 362 Å². The molecule has 0 aliphatic carbocycles. The Bertz CT molecular complexity index is 1860. The predicted molar refractivity (Wildman–Crippen MR) is 395 cm³/mol. The van der Waals surface area contributed by atoms with Crippen molar-refractivity contribution in [1.29, 1.82) is 0 Å². The van der Waals surface area contributed by atoms with Crippen molar-refractivity contribution in [3.63, 3.8) is 0 Å². The maximum Gasteiger partial charge on any atom is 0.472 e. The van der Waals surface area contributed by atoms with Gasteiger partial charge >= 0.3 is 39.5 Å². The summed E-state index contributed by atoms with van der Waals surface area (Å²) in [4.78, 5) is 72.9. The molecule has 2 unspecified atom stereocenters. The Morgan fingerprint density at radius 3 is 0.701 bits per heavy atom. The SMILES string of the molecule is CCCCCCCCCCCCCCCCCCCCCC(=O)O[C@H](COC(=O)CCCCCCCCCCCCCCC(C)C)COP(=O)(O)OC[C@@H](O)COP(=O)(O)OC[C@@H](COC(=O)CCCCCCCCCCC)OC(=O)CCCCCCCCCCCCCCCC. The molecular weight excluding hydrogens is 1270 g/mol. The molecule has 0 heterocycles. The molecule has 0 bridgehead atoms. The summed E-state index contributed by atoms with van der Waals surface area (Å²) in [5.74, 6) is -1.33.